The van der Waals surface area contributed by atoms with E-state index in [2.05, 4.69) is 11.6 Å². The number of urea groups is 1. The molecule has 0 rings (SSSR count). The molecule has 4 heteroatoms. The summed E-state index contributed by atoms with van der Waals surface area (Å²) < 4.78 is 0. The van der Waals surface area contributed by atoms with Crippen LogP contribution in [0.3, 0.4) is 0 Å². The first kappa shape index (κ1) is 7.55. The van der Waals surface area contributed by atoms with Crippen LogP contribution in [-0.4, -0.2) is 18.7 Å². The van der Waals surface area contributed by atoms with Crippen molar-refractivity contribution in [3.05, 3.63) is 12.7 Å². The zero-order chi connectivity index (χ0) is 7.11. The Balaban J connectivity index is 3.61. The lowest BCUT2D eigenvalue weighted by Crippen LogP contribution is -2.16. The van der Waals surface area contributed by atoms with Gasteiger partial charge in [0.25, 0.3) is 0 Å². The lowest BCUT2D eigenvalue weighted by molar-refractivity contribution is -0.108. The van der Waals surface area contributed by atoms with Gasteiger partial charge in [-0.3, -0.25) is 10.1 Å². The molecule has 0 aromatic rings. The van der Waals surface area contributed by atoms with Gasteiger partial charge in [-0.25, -0.2) is 9.79 Å². The SMILES string of the molecule is C=CC=NC(=O)NC=O. The number of nitrogens with one attached hydrogen (secondary N) is 1. The van der Waals surface area contributed by atoms with Crippen molar-refractivity contribution in [2.45, 2.75) is 0 Å². The van der Waals surface area contributed by atoms with E-state index in [9.17, 15) is 9.59 Å². The second kappa shape index (κ2) is 4.70. The molecule has 4 nitrogen and oxygen atoms in total. The number of carbonyl (C=O) groups excluding carboxylic acids is 2. The normalized spacial score (nSPS) is 8.89. The quantitative estimate of drug-likeness (QED) is 0.421. The average molecular weight is 126 g/mol. The van der Waals surface area contributed by atoms with Crippen LogP contribution in [0.5, 0.6) is 0 Å². The topological polar surface area (TPSA) is 58.5 Å². The maximum atomic E-state index is 10.2. The lowest BCUT2D eigenvalue weighted by atomic mass is 10.7. The molecule has 0 aliphatic rings. The summed E-state index contributed by atoms with van der Waals surface area (Å²) in [6, 6.07) is -0.690. The van der Waals surface area contributed by atoms with Crippen LogP contribution in [0.15, 0.2) is 17.6 Å². The number of imide groups is 1. The number of nitrogens with zero attached hydrogens (tertiary/aromatic N) is 1. The second-order valence-corrected chi connectivity index (χ2v) is 1.08. The van der Waals surface area contributed by atoms with Gasteiger partial charge in [0, 0.05) is 6.21 Å². The van der Waals surface area contributed by atoms with E-state index < -0.39 is 6.03 Å². The van der Waals surface area contributed by atoms with Crippen LogP contribution >= 0.6 is 0 Å². The first-order chi connectivity index (χ1) is 4.31. The molecular weight excluding hydrogens is 120 g/mol. The fraction of sp³-hybridized carbons (Fsp3) is 0. The average Bonchev–Trinajstić information content (AvgIpc) is 1.85. The Morgan fingerprint density at radius 1 is 1.67 bits per heavy atom. The molecule has 3 amide bonds. The number of allylic oxidation sites excluding steroid dienone is 1. The molecule has 0 fully saturated rings. The molecule has 0 saturated carbocycles. The standard InChI is InChI=1S/C5H6N2O2/c1-2-3-6-5(9)7-4-8/h2-4H,1H2,(H,7,8,9). The number of carbonyl (C=O) groups is 2. The van der Waals surface area contributed by atoms with Crippen LogP contribution in [0.1, 0.15) is 0 Å². The minimum Gasteiger partial charge on any atom is -0.279 e. The van der Waals surface area contributed by atoms with Gasteiger partial charge >= 0.3 is 6.03 Å². The van der Waals surface area contributed by atoms with Crippen molar-refractivity contribution in [2.24, 2.45) is 4.99 Å². The van der Waals surface area contributed by atoms with Gasteiger partial charge in [0.15, 0.2) is 0 Å². The summed E-state index contributed by atoms with van der Waals surface area (Å²) in [5.41, 5.74) is 0. The molecule has 0 saturated heterocycles. The maximum absolute atomic E-state index is 10.2. The third-order valence-corrected chi connectivity index (χ3v) is 0.480. The first-order valence-corrected chi connectivity index (χ1v) is 2.20. The summed E-state index contributed by atoms with van der Waals surface area (Å²) in [4.78, 5) is 23.0. The monoisotopic (exact) mass is 126 g/mol. The summed E-state index contributed by atoms with van der Waals surface area (Å²) in [5, 5.41) is 1.82. The van der Waals surface area contributed by atoms with Gasteiger partial charge in [-0.2, -0.15) is 0 Å². The molecule has 0 unspecified atom stereocenters. The fourth-order valence-corrected chi connectivity index (χ4v) is 0.208. The number of hydrogen-bond acceptors (Lipinski definition) is 2. The van der Waals surface area contributed by atoms with Crippen LogP contribution in [0.4, 0.5) is 4.79 Å². The van der Waals surface area contributed by atoms with Crippen LogP contribution in [0, 0.1) is 0 Å². The summed E-state index contributed by atoms with van der Waals surface area (Å²) in [5.74, 6) is 0. The second-order valence-electron chi connectivity index (χ2n) is 1.08. The fourth-order valence-electron chi connectivity index (χ4n) is 0.208. The van der Waals surface area contributed by atoms with Gasteiger partial charge in [-0.15, -0.1) is 0 Å². The molecule has 9 heavy (non-hydrogen) atoms. The van der Waals surface area contributed by atoms with E-state index in [0.717, 1.165) is 0 Å². The van der Waals surface area contributed by atoms with E-state index in [1.807, 2.05) is 5.32 Å². The Hall–Kier alpha value is -1.45. The van der Waals surface area contributed by atoms with Gasteiger partial charge in [0.05, 0.1) is 0 Å². The van der Waals surface area contributed by atoms with Crippen LogP contribution in [0.25, 0.3) is 0 Å². The van der Waals surface area contributed by atoms with E-state index in [-0.39, 0.29) is 6.41 Å². The molecule has 0 radical (unpaired) electrons. The van der Waals surface area contributed by atoms with E-state index >= 15 is 0 Å². The number of hydrogen-bond donors (Lipinski definition) is 1. The zero-order valence-electron chi connectivity index (χ0n) is 4.70. The summed E-state index contributed by atoms with van der Waals surface area (Å²) in [7, 11) is 0. The van der Waals surface area contributed by atoms with E-state index in [1.165, 1.54) is 12.3 Å². The summed E-state index contributed by atoms with van der Waals surface area (Å²) >= 11 is 0. The largest absolute Gasteiger partial charge is 0.347 e. The van der Waals surface area contributed by atoms with Crippen molar-refractivity contribution in [3.8, 4) is 0 Å². The Bertz CT molecular complexity index is 151. The van der Waals surface area contributed by atoms with Crippen LogP contribution in [0.2, 0.25) is 0 Å². The van der Waals surface area contributed by atoms with Crippen LogP contribution < -0.4 is 5.32 Å². The predicted molar refractivity (Wildman–Crippen MR) is 33.3 cm³/mol. The molecule has 0 aliphatic carbocycles. The Morgan fingerprint density at radius 2 is 2.33 bits per heavy atom. The molecule has 0 aromatic heterocycles. The van der Waals surface area contributed by atoms with Gasteiger partial charge in [0.1, 0.15) is 0 Å². The van der Waals surface area contributed by atoms with E-state index in [1.54, 1.807) is 0 Å². The number of rotatable bonds is 2. The molecule has 0 aromatic carbocycles. The highest BCUT2D eigenvalue weighted by atomic mass is 16.2. The van der Waals surface area contributed by atoms with Crippen molar-refractivity contribution < 1.29 is 9.59 Å². The molecule has 0 atom stereocenters. The van der Waals surface area contributed by atoms with Crippen molar-refractivity contribution in [2.75, 3.05) is 0 Å². The Labute approximate surface area is 52.3 Å². The summed E-state index contributed by atoms with van der Waals surface area (Å²) in [6.07, 6.45) is 2.80. The molecule has 0 spiro atoms. The minimum atomic E-state index is -0.690. The number of aliphatic imine (C=N–C) groups is 1. The van der Waals surface area contributed by atoms with Crippen molar-refractivity contribution in [1.29, 1.82) is 0 Å². The molecule has 0 heterocycles. The first-order valence-electron chi connectivity index (χ1n) is 2.20. The van der Waals surface area contributed by atoms with E-state index in [4.69, 9.17) is 0 Å². The maximum Gasteiger partial charge on any atom is 0.347 e. The highest BCUT2D eigenvalue weighted by molar-refractivity contribution is 5.92. The number of amides is 3. The Morgan fingerprint density at radius 3 is 2.78 bits per heavy atom. The van der Waals surface area contributed by atoms with Gasteiger partial charge in [-0.05, 0) is 0 Å². The highest BCUT2D eigenvalue weighted by Crippen LogP contribution is 1.67. The highest BCUT2D eigenvalue weighted by Gasteiger charge is 1.88. The van der Waals surface area contributed by atoms with Gasteiger partial charge in [-0.1, -0.05) is 12.7 Å². The van der Waals surface area contributed by atoms with E-state index in [0.29, 0.717) is 0 Å². The molecule has 0 aliphatic heterocycles. The minimum absolute atomic E-state index is 0.267. The lowest BCUT2D eigenvalue weighted by Gasteiger charge is -1.83. The zero-order valence-corrected chi connectivity index (χ0v) is 4.70. The third kappa shape index (κ3) is 4.40. The smallest absolute Gasteiger partial charge is 0.279 e. The molecule has 1 N–H and O–H groups in total. The predicted octanol–water partition coefficient (Wildman–Crippen LogP) is 0.109. The third-order valence-electron chi connectivity index (χ3n) is 0.480. The van der Waals surface area contributed by atoms with Crippen molar-refractivity contribution in [1.82, 2.24) is 5.32 Å². The molecular formula is C5H6N2O2. The molecule has 48 valence electrons. The van der Waals surface area contributed by atoms with Crippen molar-refractivity contribution in [3.63, 3.8) is 0 Å². The van der Waals surface area contributed by atoms with Crippen LogP contribution in [-0.2, 0) is 4.79 Å². The van der Waals surface area contributed by atoms with Crippen molar-refractivity contribution >= 4 is 18.7 Å². The Kier molecular flexibility index (Phi) is 3.95. The van der Waals surface area contributed by atoms with Gasteiger partial charge < -0.3 is 0 Å². The summed E-state index contributed by atoms with van der Waals surface area (Å²) in [6.45, 7) is 3.28. The van der Waals surface area contributed by atoms with Gasteiger partial charge in [0.2, 0.25) is 6.41 Å². The molecule has 0 bridgehead atoms.